The van der Waals surface area contributed by atoms with Gasteiger partial charge in [0.2, 0.25) is 0 Å². The van der Waals surface area contributed by atoms with Crippen LogP contribution in [0.1, 0.15) is 73.2 Å². The van der Waals surface area contributed by atoms with E-state index in [1.54, 1.807) is 15.8 Å². The van der Waals surface area contributed by atoms with Gasteiger partial charge in [-0.2, -0.15) is 10.2 Å². The van der Waals surface area contributed by atoms with E-state index in [1.165, 1.54) is 36.9 Å². The summed E-state index contributed by atoms with van der Waals surface area (Å²) in [6, 6.07) is 11.0. The molecule has 3 N–H and O–H groups in total. The van der Waals surface area contributed by atoms with Gasteiger partial charge in [-0.15, -0.1) is 0 Å². The van der Waals surface area contributed by atoms with Gasteiger partial charge in [0.1, 0.15) is 12.0 Å². The highest BCUT2D eigenvalue weighted by Gasteiger charge is 2.57. The smallest absolute Gasteiger partial charge is 0.149 e. The number of aliphatic hydroxyl groups is 1. The van der Waals surface area contributed by atoms with E-state index in [2.05, 4.69) is 58.0 Å². The summed E-state index contributed by atoms with van der Waals surface area (Å²) in [5, 5.41) is 26.0. The van der Waals surface area contributed by atoms with Crippen LogP contribution >= 0.6 is 0 Å². The van der Waals surface area contributed by atoms with E-state index in [0.29, 0.717) is 30.1 Å². The van der Waals surface area contributed by atoms with Gasteiger partial charge in [-0.05, 0) is 78.9 Å². The number of hydrogen-bond donors (Lipinski definition) is 3. The molecule has 0 amide bonds. The molecule has 6 heteroatoms. The summed E-state index contributed by atoms with van der Waals surface area (Å²) < 4.78 is 1.75. The number of aromatic nitrogens is 4. The van der Waals surface area contributed by atoms with Crippen molar-refractivity contribution in [3.05, 3.63) is 65.1 Å². The first-order chi connectivity index (χ1) is 15.5. The molecule has 32 heavy (non-hydrogen) atoms. The van der Waals surface area contributed by atoms with Crippen molar-refractivity contribution in [2.45, 2.75) is 68.9 Å². The molecule has 3 aliphatic rings. The molecule has 0 radical (unpaired) electrons. The molecule has 4 unspecified atom stereocenters. The standard InChI is InChI=1S/C26H33N5O/c1-26-13-11-18-17-6-4-3-5-16(17)7-8-19(18)24(26)20(21-15-27-29-25(21)26)9-10-23(32)28-22-12-14-31(2)30-22/h3-6,12,14-15,18-20,23-24,32H,7-11,13H2,1-2H3,(H,27,29)(H,28,30)/t18?,19?,20-,23?,24?,26+/m1/s1. The first-order valence-corrected chi connectivity index (χ1v) is 12.1. The highest BCUT2D eigenvalue weighted by molar-refractivity contribution is 5.43. The monoisotopic (exact) mass is 431 g/mol. The van der Waals surface area contributed by atoms with Crippen molar-refractivity contribution >= 4 is 5.82 Å². The van der Waals surface area contributed by atoms with Gasteiger partial charge in [0.25, 0.3) is 0 Å². The molecule has 1 aromatic carbocycles. The normalized spacial score (nSPS) is 31.3. The van der Waals surface area contributed by atoms with Gasteiger partial charge in [-0.25, -0.2) is 0 Å². The second kappa shape index (κ2) is 7.48. The topological polar surface area (TPSA) is 78.8 Å². The summed E-state index contributed by atoms with van der Waals surface area (Å²) >= 11 is 0. The first kappa shape index (κ1) is 20.0. The maximum Gasteiger partial charge on any atom is 0.149 e. The second-order valence-corrected chi connectivity index (χ2v) is 10.4. The van der Waals surface area contributed by atoms with Gasteiger partial charge < -0.3 is 10.4 Å². The fourth-order valence-corrected chi connectivity index (χ4v) is 7.44. The van der Waals surface area contributed by atoms with Crippen molar-refractivity contribution in [1.29, 1.82) is 0 Å². The average molecular weight is 432 g/mol. The van der Waals surface area contributed by atoms with Crippen molar-refractivity contribution in [1.82, 2.24) is 20.0 Å². The SMILES string of the molecule is Cn1ccc(NC(O)CC[C@@H]2c3cn[nH]c3[C@@]3(C)CCC4c5ccccc5CCC4C23)n1. The number of aromatic amines is 1. The zero-order valence-electron chi connectivity index (χ0n) is 19.0. The zero-order chi connectivity index (χ0) is 21.9. The number of rotatable bonds is 5. The van der Waals surface area contributed by atoms with E-state index in [4.69, 9.17) is 0 Å². The summed E-state index contributed by atoms with van der Waals surface area (Å²) in [5.41, 5.74) is 6.06. The van der Waals surface area contributed by atoms with Gasteiger partial charge in [0.05, 0.1) is 6.20 Å². The Labute approximate surface area is 189 Å². The molecule has 3 aliphatic carbocycles. The van der Waals surface area contributed by atoms with E-state index in [1.807, 2.05) is 19.3 Å². The van der Waals surface area contributed by atoms with Crippen molar-refractivity contribution in [2.75, 3.05) is 5.32 Å². The Kier molecular flexibility index (Phi) is 4.68. The molecule has 6 nitrogen and oxygen atoms in total. The summed E-state index contributed by atoms with van der Waals surface area (Å²) in [6.07, 6.45) is 9.92. The molecule has 168 valence electrons. The largest absolute Gasteiger partial charge is 0.374 e. The molecule has 6 atom stereocenters. The lowest BCUT2D eigenvalue weighted by Crippen LogP contribution is -2.44. The van der Waals surface area contributed by atoms with E-state index >= 15 is 0 Å². The zero-order valence-corrected chi connectivity index (χ0v) is 19.0. The Morgan fingerprint density at radius 2 is 2.12 bits per heavy atom. The number of H-pyrrole nitrogens is 1. The molecule has 3 aromatic rings. The third-order valence-electron chi connectivity index (χ3n) is 8.74. The molecule has 2 heterocycles. The number of anilines is 1. The molecular weight excluding hydrogens is 398 g/mol. The predicted octanol–water partition coefficient (Wildman–Crippen LogP) is 4.47. The third kappa shape index (κ3) is 3.03. The Balaban J connectivity index is 1.27. The summed E-state index contributed by atoms with van der Waals surface area (Å²) in [6.45, 7) is 2.47. The molecule has 0 saturated heterocycles. The second-order valence-electron chi connectivity index (χ2n) is 10.4. The maximum absolute atomic E-state index is 10.7. The van der Waals surface area contributed by atoms with Crippen LogP contribution < -0.4 is 5.32 Å². The molecule has 1 saturated carbocycles. The van der Waals surface area contributed by atoms with Crippen LogP contribution in [0.2, 0.25) is 0 Å². The minimum Gasteiger partial charge on any atom is -0.374 e. The van der Waals surface area contributed by atoms with E-state index in [9.17, 15) is 5.11 Å². The van der Waals surface area contributed by atoms with Crippen LogP contribution in [0, 0.1) is 11.8 Å². The quantitative estimate of drug-likeness (QED) is 0.521. The molecule has 0 aliphatic heterocycles. The number of aryl methyl sites for hydroxylation is 2. The third-order valence-corrected chi connectivity index (χ3v) is 8.74. The first-order valence-electron chi connectivity index (χ1n) is 12.1. The minimum atomic E-state index is -0.599. The van der Waals surface area contributed by atoms with Gasteiger partial charge in [-0.1, -0.05) is 31.2 Å². The fraction of sp³-hybridized carbons (Fsp3) is 0.538. The van der Waals surface area contributed by atoms with Gasteiger partial charge in [-0.3, -0.25) is 9.78 Å². The number of benzene rings is 1. The van der Waals surface area contributed by atoms with Crippen molar-refractivity contribution < 1.29 is 5.11 Å². The number of fused-ring (bicyclic) bond motifs is 7. The van der Waals surface area contributed by atoms with Crippen molar-refractivity contribution in [2.24, 2.45) is 18.9 Å². The van der Waals surface area contributed by atoms with Crippen LogP contribution in [0.3, 0.4) is 0 Å². The van der Waals surface area contributed by atoms with E-state index in [-0.39, 0.29) is 5.41 Å². The Hall–Kier alpha value is -2.60. The van der Waals surface area contributed by atoms with Crippen LogP contribution in [-0.2, 0) is 18.9 Å². The van der Waals surface area contributed by atoms with Crippen LogP contribution in [-0.4, -0.2) is 31.3 Å². The number of hydrogen-bond acceptors (Lipinski definition) is 4. The summed E-state index contributed by atoms with van der Waals surface area (Å²) in [4.78, 5) is 0. The summed E-state index contributed by atoms with van der Waals surface area (Å²) in [5.74, 6) is 3.11. The van der Waals surface area contributed by atoms with Crippen LogP contribution in [0.25, 0.3) is 0 Å². The van der Waals surface area contributed by atoms with Gasteiger partial charge in [0, 0.05) is 30.4 Å². The van der Waals surface area contributed by atoms with Crippen LogP contribution in [0.4, 0.5) is 5.82 Å². The molecule has 0 spiro atoms. The van der Waals surface area contributed by atoms with Crippen molar-refractivity contribution in [3.8, 4) is 0 Å². The average Bonchev–Trinajstić information content (AvgIpc) is 3.49. The molecule has 0 bridgehead atoms. The van der Waals surface area contributed by atoms with Gasteiger partial charge in [0.15, 0.2) is 0 Å². The van der Waals surface area contributed by atoms with Crippen molar-refractivity contribution in [3.63, 3.8) is 0 Å². The Morgan fingerprint density at radius 1 is 1.25 bits per heavy atom. The van der Waals surface area contributed by atoms with Crippen LogP contribution in [0.5, 0.6) is 0 Å². The van der Waals surface area contributed by atoms with Crippen LogP contribution in [0.15, 0.2) is 42.7 Å². The Bertz CT molecular complexity index is 1120. The fourth-order valence-electron chi connectivity index (χ4n) is 7.44. The number of aliphatic hydroxyl groups excluding tert-OH is 1. The van der Waals surface area contributed by atoms with E-state index < -0.39 is 6.23 Å². The molecular formula is C26H33N5O. The minimum absolute atomic E-state index is 0.156. The highest BCUT2D eigenvalue weighted by atomic mass is 16.3. The lowest BCUT2D eigenvalue weighted by atomic mass is 9.53. The van der Waals surface area contributed by atoms with Gasteiger partial charge >= 0.3 is 0 Å². The predicted molar refractivity (Wildman–Crippen MR) is 124 cm³/mol. The maximum atomic E-state index is 10.7. The highest BCUT2D eigenvalue weighted by Crippen LogP contribution is 2.64. The van der Waals surface area contributed by atoms with E-state index in [0.717, 1.165) is 12.2 Å². The summed E-state index contributed by atoms with van der Waals surface area (Å²) in [7, 11) is 1.89. The molecule has 2 aromatic heterocycles. The molecule has 1 fully saturated rings. The number of nitrogens with one attached hydrogen (secondary N) is 2. The number of nitrogens with zero attached hydrogens (tertiary/aromatic N) is 3. The lowest BCUT2D eigenvalue weighted by molar-refractivity contribution is 0.0752. The Morgan fingerprint density at radius 3 is 2.97 bits per heavy atom. The molecule has 6 rings (SSSR count). The lowest BCUT2D eigenvalue weighted by Gasteiger charge is -2.51.